The lowest BCUT2D eigenvalue weighted by Gasteiger charge is -2.39. The average molecular weight is 423 g/mol. The Morgan fingerprint density at radius 1 is 1.14 bits per heavy atom. The number of fused-ring (bicyclic) bond motifs is 1. The maximum Gasteiger partial charge on any atom is 0.401 e. The van der Waals surface area contributed by atoms with Gasteiger partial charge in [-0.05, 0) is 41.8 Å². The van der Waals surface area contributed by atoms with E-state index in [9.17, 15) is 13.2 Å². The second kappa shape index (κ2) is 8.04. The van der Waals surface area contributed by atoms with Crippen LogP contribution in [0.3, 0.4) is 0 Å². The van der Waals surface area contributed by atoms with Crippen molar-refractivity contribution >= 4 is 33.9 Å². The number of nitrogens with one attached hydrogen (secondary N) is 1. The van der Waals surface area contributed by atoms with Crippen LogP contribution < -0.4 is 10.1 Å². The summed E-state index contributed by atoms with van der Waals surface area (Å²) in [5.41, 5.74) is 0.767. The first-order chi connectivity index (χ1) is 13.9. The zero-order valence-corrected chi connectivity index (χ0v) is 16.0. The Kier molecular flexibility index (Phi) is 5.47. The molecule has 1 aromatic carbocycles. The van der Waals surface area contributed by atoms with E-state index >= 15 is 0 Å². The Hall–Kier alpha value is -2.58. The Morgan fingerprint density at radius 2 is 1.97 bits per heavy atom. The van der Waals surface area contributed by atoms with Crippen LogP contribution in [0.4, 0.5) is 24.7 Å². The fraction of sp³-hybridized carbons (Fsp3) is 0.300. The van der Waals surface area contributed by atoms with Crippen molar-refractivity contribution in [1.82, 2.24) is 14.9 Å². The summed E-state index contributed by atoms with van der Waals surface area (Å²) in [6.07, 6.45) is -0.828. The summed E-state index contributed by atoms with van der Waals surface area (Å²) in [5.74, 6) is 1.47. The predicted molar refractivity (Wildman–Crippen MR) is 106 cm³/mol. The fourth-order valence-electron chi connectivity index (χ4n) is 3.31. The summed E-state index contributed by atoms with van der Waals surface area (Å²) >= 11 is 5.81. The van der Waals surface area contributed by atoms with Gasteiger partial charge in [0.2, 0.25) is 0 Å². The summed E-state index contributed by atoms with van der Waals surface area (Å²) in [6, 6.07) is 11.0. The minimum Gasteiger partial charge on any atom is -0.493 e. The van der Waals surface area contributed by atoms with Gasteiger partial charge in [-0.1, -0.05) is 11.6 Å². The minimum atomic E-state index is -4.15. The van der Waals surface area contributed by atoms with Crippen molar-refractivity contribution in [3.63, 3.8) is 0 Å². The lowest BCUT2D eigenvalue weighted by Crippen LogP contribution is -2.52. The molecule has 4 rings (SSSR count). The largest absolute Gasteiger partial charge is 0.493 e. The van der Waals surface area contributed by atoms with Gasteiger partial charge in [0.1, 0.15) is 16.7 Å². The summed E-state index contributed by atoms with van der Waals surface area (Å²) in [5, 5.41) is 5.48. The molecule has 5 nitrogen and oxygen atoms in total. The maximum absolute atomic E-state index is 12.3. The third-order valence-electron chi connectivity index (χ3n) is 4.65. The highest BCUT2D eigenvalue weighted by atomic mass is 35.5. The van der Waals surface area contributed by atoms with Crippen molar-refractivity contribution < 1.29 is 17.9 Å². The highest BCUT2D eigenvalue weighted by Crippen LogP contribution is 2.29. The number of hydrogen-bond donors (Lipinski definition) is 1. The average Bonchev–Trinajstić information content (AvgIpc) is 2.64. The van der Waals surface area contributed by atoms with Crippen molar-refractivity contribution in [3.05, 3.63) is 53.9 Å². The molecule has 1 saturated heterocycles. The first-order valence-corrected chi connectivity index (χ1v) is 9.43. The van der Waals surface area contributed by atoms with E-state index in [1.807, 2.05) is 30.3 Å². The highest BCUT2D eigenvalue weighted by molar-refractivity contribution is 6.29. The van der Waals surface area contributed by atoms with E-state index < -0.39 is 12.7 Å². The van der Waals surface area contributed by atoms with E-state index in [0.717, 1.165) is 16.5 Å². The number of halogens is 4. The van der Waals surface area contributed by atoms with Crippen LogP contribution in [0, 0.1) is 5.92 Å². The van der Waals surface area contributed by atoms with Crippen LogP contribution in [0.15, 0.2) is 48.8 Å². The molecule has 0 saturated carbocycles. The maximum atomic E-state index is 12.3. The van der Waals surface area contributed by atoms with Gasteiger partial charge in [-0.2, -0.15) is 13.2 Å². The minimum absolute atomic E-state index is 0.111. The van der Waals surface area contributed by atoms with Crippen molar-refractivity contribution in [3.8, 4) is 5.75 Å². The van der Waals surface area contributed by atoms with Gasteiger partial charge in [0.05, 0.1) is 25.0 Å². The van der Waals surface area contributed by atoms with E-state index in [4.69, 9.17) is 16.3 Å². The molecule has 0 atom stereocenters. The SMILES string of the molecule is FC(F)(F)CN1CC(COc2ccc3c(Nc4ccc(Cl)nc4)nccc3c2)C1. The number of benzene rings is 1. The predicted octanol–water partition coefficient (Wildman–Crippen LogP) is 4.90. The standard InChI is InChI=1S/C20H18ClF3N4O/c21-18-4-1-15(8-26-18)27-19-17-3-2-16(7-14(17)5-6-25-19)29-11-13-9-28(10-13)12-20(22,23)24/h1-8,13H,9-12H2,(H,25,27). The van der Waals surface area contributed by atoms with Gasteiger partial charge in [-0.25, -0.2) is 9.97 Å². The number of aromatic nitrogens is 2. The Labute approximate surface area is 170 Å². The van der Waals surface area contributed by atoms with Gasteiger partial charge in [-0.15, -0.1) is 0 Å². The van der Waals surface area contributed by atoms with Crippen LogP contribution in [0.1, 0.15) is 0 Å². The van der Waals surface area contributed by atoms with Crippen LogP contribution in [-0.2, 0) is 0 Å². The lowest BCUT2D eigenvalue weighted by atomic mass is 10.0. The number of ether oxygens (including phenoxy) is 1. The van der Waals surface area contributed by atoms with E-state index in [1.165, 1.54) is 4.90 Å². The molecule has 0 spiro atoms. The van der Waals surface area contributed by atoms with Crippen LogP contribution in [-0.4, -0.2) is 47.3 Å². The van der Waals surface area contributed by atoms with Crippen LogP contribution in [0.2, 0.25) is 5.15 Å². The van der Waals surface area contributed by atoms with Crippen LogP contribution in [0.5, 0.6) is 5.75 Å². The first-order valence-electron chi connectivity index (χ1n) is 9.05. The lowest BCUT2D eigenvalue weighted by molar-refractivity contribution is -0.159. The summed E-state index contributed by atoms with van der Waals surface area (Å²) in [4.78, 5) is 9.79. The van der Waals surface area contributed by atoms with Gasteiger partial charge in [-0.3, -0.25) is 4.90 Å². The molecule has 9 heteroatoms. The topological polar surface area (TPSA) is 50.3 Å². The summed E-state index contributed by atoms with van der Waals surface area (Å²) < 4.78 is 42.8. The highest BCUT2D eigenvalue weighted by Gasteiger charge is 2.37. The molecule has 3 aromatic rings. The molecule has 152 valence electrons. The van der Waals surface area contributed by atoms with Crippen LogP contribution >= 0.6 is 11.6 Å². The van der Waals surface area contributed by atoms with Crippen LogP contribution in [0.25, 0.3) is 10.8 Å². The number of rotatable bonds is 6. The van der Waals surface area contributed by atoms with Gasteiger partial charge < -0.3 is 10.1 Å². The molecule has 1 aliphatic heterocycles. The normalized spacial score (nSPS) is 15.3. The third kappa shape index (κ3) is 5.07. The summed E-state index contributed by atoms with van der Waals surface area (Å²) in [7, 11) is 0. The number of nitrogens with zero attached hydrogens (tertiary/aromatic N) is 3. The number of alkyl halides is 3. The van der Waals surface area contributed by atoms with Gasteiger partial charge in [0, 0.05) is 30.6 Å². The van der Waals surface area contributed by atoms with E-state index in [0.29, 0.717) is 36.4 Å². The molecule has 1 N–H and O–H groups in total. The first kappa shape index (κ1) is 19.7. The monoisotopic (exact) mass is 422 g/mol. The molecule has 0 radical (unpaired) electrons. The second-order valence-corrected chi connectivity index (χ2v) is 7.41. The fourth-order valence-corrected chi connectivity index (χ4v) is 3.42. The zero-order chi connectivity index (χ0) is 20.4. The molecular formula is C20H18ClF3N4O. The Bertz CT molecular complexity index is 991. The van der Waals surface area contributed by atoms with Crippen molar-refractivity contribution in [2.24, 2.45) is 5.92 Å². The molecule has 1 aliphatic rings. The molecule has 0 amide bonds. The molecule has 0 bridgehead atoms. The quantitative estimate of drug-likeness (QED) is 0.572. The molecular weight excluding hydrogens is 405 g/mol. The number of pyridine rings is 2. The van der Waals surface area contributed by atoms with Crippen molar-refractivity contribution in [2.45, 2.75) is 6.18 Å². The van der Waals surface area contributed by atoms with Gasteiger partial charge >= 0.3 is 6.18 Å². The smallest absolute Gasteiger partial charge is 0.401 e. The van der Waals surface area contributed by atoms with E-state index in [1.54, 1.807) is 18.5 Å². The van der Waals surface area contributed by atoms with Crippen molar-refractivity contribution in [2.75, 3.05) is 31.6 Å². The zero-order valence-electron chi connectivity index (χ0n) is 15.3. The molecule has 3 heterocycles. The summed E-state index contributed by atoms with van der Waals surface area (Å²) in [6.45, 7) is 0.346. The molecule has 29 heavy (non-hydrogen) atoms. The second-order valence-electron chi connectivity index (χ2n) is 7.02. The molecule has 0 aliphatic carbocycles. The molecule has 2 aromatic heterocycles. The van der Waals surface area contributed by atoms with Gasteiger partial charge in [0.15, 0.2) is 0 Å². The number of likely N-dealkylation sites (tertiary alicyclic amines) is 1. The van der Waals surface area contributed by atoms with E-state index in [2.05, 4.69) is 15.3 Å². The number of hydrogen-bond acceptors (Lipinski definition) is 5. The Balaban J connectivity index is 1.38. The number of anilines is 2. The molecule has 0 unspecified atom stereocenters. The van der Waals surface area contributed by atoms with Gasteiger partial charge in [0.25, 0.3) is 0 Å². The third-order valence-corrected chi connectivity index (χ3v) is 4.87. The Morgan fingerprint density at radius 3 is 2.69 bits per heavy atom. The van der Waals surface area contributed by atoms with E-state index in [-0.39, 0.29) is 5.92 Å². The van der Waals surface area contributed by atoms with Crippen molar-refractivity contribution in [1.29, 1.82) is 0 Å². The molecule has 1 fully saturated rings.